The quantitative estimate of drug-likeness (QED) is 0.646. The van der Waals surface area contributed by atoms with Gasteiger partial charge in [-0.3, -0.25) is 9.59 Å². The first-order chi connectivity index (χ1) is 9.06. The Kier molecular flexibility index (Phi) is 5.51. The third-order valence-corrected chi connectivity index (χ3v) is 2.61. The molecule has 4 N–H and O–H groups in total. The predicted molar refractivity (Wildman–Crippen MR) is 70.1 cm³/mol. The van der Waals surface area contributed by atoms with Crippen LogP contribution in [-0.2, 0) is 9.59 Å². The zero-order valence-electron chi connectivity index (χ0n) is 10.9. The van der Waals surface area contributed by atoms with Gasteiger partial charge in [0.2, 0.25) is 0 Å². The fourth-order valence-electron chi connectivity index (χ4n) is 1.42. The van der Waals surface area contributed by atoms with Crippen LogP contribution in [0.25, 0.3) is 0 Å². The Morgan fingerprint density at radius 2 is 2.21 bits per heavy atom. The average molecular weight is 261 g/mol. The van der Waals surface area contributed by atoms with Crippen LogP contribution in [-0.4, -0.2) is 31.4 Å². The zero-order valence-corrected chi connectivity index (χ0v) is 10.9. The molecule has 1 aromatic carbocycles. The SMILES string of the molecule is CNC(=O)C[NH2+][C@H](C)C(=O)Nc1cccc(C#N)c1. The summed E-state index contributed by atoms with van der Waals surface area (Å²) in [5, 5.41) is 15.6. The molecule has 0 fully saturated rings. The van der Waals surface area contributed by atoms with Crippen molar-refractivity contribution in [3.8, 4) is 6.07 Å². The number of likely N-dealkylation sites (N-methyl/N-ethyl adjacent to an activating group) is 1. The third kappa shape index (κ3) is 4.77. The van der Waals surface area contributed by atoms with Crippen LogP contribution in [0.5, 0.6) is 0 Å². The molecule has 0 aromatic heterocycles. The molecule has 0 aliphatic carbocycles. The van der Waals surface area contributed by atoms with Gasteiger partial charge in [0.25, 0.3) is 11.8 Å². The molecule has 0 heterocycles. The number of benzene rings is 1. The molecular formula is C13H17N4O2+. The minimum absolute atomic E-state index is 0.133. The van der Waals surface area contributed by atoms with Gasteiger partial charge < -0.3 is 16.0 Å². The van der Waals surface area contributed by atoms with Gasteiger partial charge in [0.1, 0.15) is 0 Å². The Balaban J connectivity index is 2.54. The van der Waals surface area contributed by atoms with Crippen LogP contribution in [0.4, 0.5) is 5.69 Å². The van der Waals surface area contributed by atoms with E-state index >= 15 is 0 Å². The van der Waals surface area contributed by atoms with Crippen molar-refractivity contribution in [3.05, 3.63) is 29.8 Å². The number of hydrogen-bond acceptors (Lipinski definition) is 3. The van der Waals surface area contributed by atoms with Crippen molar-refractivity contribution in [2.75, 3.05) is 18.9 Å². The molecular weight excluding hydrogens is 244 g/mol. The van der Waals surface area contributed by atoms with E-state index in [1.807, 2.05) is 6.07 Å². The van der Waals surface area contributed by atoms with Crippen LogP contribution in [0, 0.1) is 11.3 Å². The molecule has 6 nitrogen and oxygen atoms in total. The lowest BCUT2D eigenvalue weighted by atomic mass is 10.2. The molecule has 1 aromatic rings. The summed E-state index contributed by atoms with van der Waals surface area (Å²) in [6, 6.07) is 8.30. The van der Waals surface area contributed by atoms with Crippen molar-refractivity contribution in [3.63, 3.8) is 0 Å². The number of anilines is 1. The van der Waals surface area contributed by atoms with Gasteiger partial charge in [0.15, 0.2) is 12.6 Å². The molecule has 1 atom stereocenters. The number of nitrogens with zero attached hydrogens (tertiary/aromatic N) is 1. The normalized spacial score (nSPS) is 11.2. The fourth-order valence-corrected chi connectivity index (χ4v) is 1.42. The monoisotopic (exact) mass is 261 g/mol. The maximum atomic E-state index is 11.9. The average Bonchev–Trinajstić information content (AvgIpc) is 2.44. The van der Waals surface area contributed by atoms with Gasteiger partial charge in [0, 0.05) is 12.7 Å². The van der Waals surface area contributed by atoms with Crippen LogP contribution in [0.2, 0.25) is 0 Å². The largest absolute Gasteiger partial charge is 0.354 e. The van der Waals surface area contributed by atoms with Crippen LogP contribution >= 0.6 is 0 Å². The lowest BCUT2D eigenvalue weighted by Crippen LogP contribution is -2.93. The van der Waals surface area contributed by atoms with E-state index in [-0.39, 0.29) is 24.4 Å². The Labute approximate surface area is 111 Å². The predicted octanol–water partition coefficient (Wildman–Crippen LogP) is -0.805. The van der Waals surface area contributed by atoms with E-state index in [2.05, 4.69) is 10.6 Å². The molecule has 19 heavy (non-hydrogen) atoms. The first-order valence-electron chi connectivity index (χ1n) is 5.91. The van der Waals surface area contributed by atoms with Crippen molar-refractivity contribution in [2.24, 2.45) is 0 Å². The molecule has 2 amide bonds. The van der Waals surface area contributed by atoms with Gasteiger partial charge in [-0.2, -0.15) is 5.26 Å². The number of amides is 2. The Hall–Kier alpha value is -2.39. The smallest absolute Gasteiger partial charge is 0.282 e. The van der Waals surface area contributed by atoms with Gasteiger partial charge in [-0.25, -0.2) is 0 Å². The van der Waals surface area contributed by atoms with Crippen molar-refractivity contribution < 1.29 is 14.9 Å². The molecule has 0 unspecified atom stereocenters. The van der Waals surface area contributed by atoms with E-state index in [1.165, 1.54) is 0 Å². The Morgan fingerprint density at radius 3 is 2.84 bits per heavy atom. The van der Waals surface area contributed by atoms with E-state index in [4.69, 9.17) is 5.26 Å². The second-order valence-corrected chi connectivity index (χ2v) is 4.08. The Morgan fingerprint density at radius 1 is 1.47 bits per heavy atom. The highest BCUT2D eigenvalue weighted by molar-refractivity contribution is 5.93. The maximum Gasteiger partial charge on any atom is 0.282 e. The number of nitrogens with one attached hydrogen (secondary N) is 2. The van der Waals surface area contributed by atoms with Crippen LogP contribution < -0.4 is 16.0 Å². The number of rotatable bonds is 5. The standard InChI is InChI=1S/C13H16N4O2/c1-9(16-8-12(18)15-2)13(19)17-11-5-3-4-10(6-11)7-14/h3-6,9,16H,8H2,1-2H3,(H,15,18)(H,17,19)/p+1/t9-/m1/s1. The number of hydrogen-bond donors (Lipinski definition) is 3. The van der Waals surface area contributed by atoms with Crippen LogP contribution in [0.1, 0.15) is 12.5 Å². The minimum Gasteiger partial charge on any atom is -0.354 e. The van der Waals surface area contributed by atoms with E-state index in [0.717, 1.165) is 0 Å². The van der Waals surface area contributed by atoms with Crippen molar-refractivity contribution in [1.82, 2.24) is 5.32 Å². The molecule has 100 valence electrons. The second-order valence-electron chi connectivity index (χ2n) is 4.08. The lowest BCUT2D eigenvalue weighted by molar-refractivity contribution is -0.662. The Bertz CT molecular complexity index is 508. The highest BCUT2D eigenvalue weighted by Gasteiger charge is 2.17. The molecule has 0 saturated carbocycles. The van der Waals surface area contributed by atoms with Gasteiger partial charge in [-0.05, 0) is 25.1 Å². The topological polar surface area (TPSA) is 98.6 Å². The van der Waals surface area contributed by atoms with Gasteiger partial charge in [-0.15, -0.1) is 0 Å². The van der Waals surface area contributed by atoms with E-state index in [9.17, 15) is 9.59 Å². The summed E-state index contributed by atoms with van der Waals surface area (Å²) in [5.41, 5.74) is 1.06. The summed E-state index contributed by atoms with van der Waals surface area (Å²) in [4.78, 5) is 22.9. The molecule has 1 rings (SSSR count). The van der Waals surface area contributed by atoms with E-state index < -0.39 is 0 Å². The van der Waals surface area contributed by atoms with E-state index in [1.54, 1.807) is 43.6 Å². The molecule has 0 spiro atoms. The zero-order chi connectivity index (χ0) is 14.3. The van der Waals surface area contributed by atoms with Crippen molar-refractivity contribution in [1.29, 1.82) is 5.26 Å². The summed E-state index contributed by atoms with van der Waals surface area (Å²) >= 11 is 0. The summed E-state index contributed by atoms with van der Waals surface area (Å²) in [6.45, 7) is 1.91. The van der Waals surface area contributed by atoms with Gasteiger partial charge >= 0.3 is 0 Å². The van der Waals surface area contributed by atoms with Crippen molar-refractivity contribution >= 4 is 17.5 Å². The molecule has 0 aliphatic heterocycles. The highest BCUT2D eigenvalue weighted by Crippen LogP contribution is 2.09. The summed E-state index contributed by atoms with van der Waals surface area (Å²) < 4.78 is 0. The fraction of sp³-hybridized carbons (Fsp3) is 0.308. The van der Waals surface area contributed by atoms with Crippen molar-refractivity contribution in [2.45, 2.75) is 13.0 Å². The number of carbonyl (C=O) groups excluding carboxylic acids is 2. The molecule has 0 aliphatic rings. The molecule has 0 saturated heterocycles. The summed E-state index contributed by atoms with van der Waals surface area (Å²) in [5.74, 6) is -0.342. The number of nitrogens with two attached hydrogens (primary N) is 1. The number of carbonyl (C=O) groups is 2. The highest BCUT2D eigenvalue weighted by atomic mass is 16.2. The lowest BCUT2D eigenvalue weighted by Gasteiger charge is -2.11. The third-order valence-electron chi connectivity index (χ3n) is 2.61. The molecule has 0 bridgehead atoms. The second kappa shape index (κ2) is 7.13. The number of quaternary nitrogens is 1. The maximum absolute atomic E-state index is 11.9. The summed E-state index contributed by atoms with van der Waals surface area (Å²) in [7, 11) is 1.55. The van der Waals surface area contributed by atoms with Gasteiger partial charge in [0.05, 0.1) is 11.6 Å². The molecule has 6 heteroatoms. The van der Waals surface area contributed by atoms with Crippen LogP contribution in [0.15, 0.2) is 24.3 Å². The van der Waals surface area contributed by atoms with Gasteiger partial charge in [-0.1, -0.05) is 6.07 Å². The first-order valence-corrected chi connectivity index (χ1v) is 5.91. The molecule has 0 radical (unpaired) electrons. The summed E-state index contributed by atoms with van der Waals surface area (Å²) in [6.07, 6.45) is 0. The van der Waals surface area contributed by atoms with Crippen LogP contribution in [0.3, 0.4) is 0 Å². The minimum atomic E-state index is -0.386. The first kappa shape index (κ1) is 14.7. The number of nitriles is 1. The van der Waals surface area contributed by atoms with E-state index in [0.29, 0.717) is 11.3 Å².